The van der Waals surface area contributed by atoms with Gasteiger partial charge in [0.05, 0.1) is 18.0 Å². The molecule has 0 bridgehead atoms. The minimum absolute atomic E-state index is 0.0220. The number of ether oxygens (including phenoxy) is 1. The number of nitrogens with zero attached hydrogens (tertiary/aromatic N) is 4. The van der Waals surface area contributed by atoms with E-state index < -0.39 is 0 Å². The second kappa shape index (κ2) is 7.70. The minimum Gasteiger partial charge on any atom is -0.497 e. The van der Waals surface area contributed by atoms with Crippen LogP contribution in [0.25, 0.3) is 5.69 Å². The molecule has 6 nitrogen and oxygen atoms in total. The second-order valence-electron chi connectivity index (χ2n) is 5.97. The molecule has 3 aromatic rings. The summed E-state index contributed by atoms with van der Waals surface area (Å²) >= 11 is 1.35. The molecule has 0 aliphatic heterocycles. The van der Waals surface area contributed by atoms with Crippen LogP contribution in [0.1, 0.15) is 28.4 Å². The molecular weight excluding hydrogens is 348 g/mol. The first-order chi connectivity index (χ1) is 12.5. The fourth-order valence-electron chi connectivity index (χ4n) is 2.73. The van der Waals surface area contributed by atoms with Gasteiger partial charge in [0.1, 0.15) is 5.75 Å². The maximum absolute atomic E-state index is 12.7. The molecule has 26 heavy (non-hydrogen) atoms. The Kier molecular flexibility index (Phi) is 5.37. The summed E-state index contributed by atoms with van der Waals surface area (Å²) in [6.45, 7) is 5.90. The Morgan fingerprint density at radius 3 is 2.38 bits per heavy atom. The summed E-state index contributed by atoms with van der Waals surface area (Å²) in [6, 6.07) is 13.1. The third kappa shape index (κ3) is 3.62. The van der Waals surface area contributed by atoms with Gasteiger partial charge in [-0.25, -0.2) is 0 Å². The Balaban J connectivity index is 1.83. The van der Waals surface area contributed by atoms with Gasteiger partial charge in [-0.3, -0.25) is 4.79 Å². The van der Waals surface area contributed by atoms with Crippen LogP contribution in [0.2, 0.25) is 0 Å². The molecule has 0 fully saturated rings. The van der Waals surface area contributed by atoms with E-state index in [0.717, 1.165) is 22.6 Å². The summed E-state index contributed by atoms with van der Waals surface area (Å²) in [4.78, 5) is 12.7. The summed E-state index contributed by atoms with van der Waals surface area (Å²) in [6.07, 6.45) is 0. The van der Waals surface area contributed by atoms with E-state index in [4.69, 9.17) is 4.74 Å². The van der Waals surface area contributed by atoms with Crippen LogP contribution >= 0.6 is 11.8 Å². The summed E-state index contributed by atoms with van der Waals surface area (Å²) in [5.41, 5.74) is 3.74. The standard InChI is InChI=1S/C19H20N4O2S/c1-12-6-5-7-13(2)17(12)23-19(20-21-22-23)26-14(3)18(24)15-8-10-16(25-4)11-9-15/h5-11,14H,1-4H3. The Hall–Kier alpha value is -2.67. The summed E-state index contributed by atoms with van der Waals surface area (Å²) in [5, 5.41) is 12.3. The molecular formula is C19H20N4O2S. The van der Waals surface area contributed by atoms with Gasteiger partial charge in [-0.1, -0.05) is 30.0 Å². The van der Waals surface area contributed by atoms with E-state index in [0.29, 0.717) is 10.7 Å². The molecule has 0 amide bonds. The highest BCUT2D eigenvalue weighted by Crippen LogP contribution is 2.28. The van der Waals surface area contributed by atoms with E-state index in [1.165, 1.54) is 11.8 Å². The lowest BCUT2D eigenvalue weighted by atomic mass is 10.1. The van der Waals surface area contributed by atoms with E-state index >= 15 is 0 Å². The molecule has 7 heteroatoms. The molecule has 0 aliphatic rings. The average molecular weight is 368 g/mol. The highest BCUT2D eigenvalue weighted by molar-refractivity contribution is 8.00. The Morgan fingerprint density at radius 2 is 1.77 bits per heavy atom. The van der Waals surface area contributed by atoms with Gasteiger partial charge in [-0.15, -0.1) is 5.10 Å². The molecule has 2 aromatic carbocycles. The minimum atomic E-state index is -0.322. The van der Waals surface area contributed by atoms with Gasteiger partial charge >= 0.3 is 0 Å². The fourth-order valence-corrected chi connectivity index (χ4v) is 3.60. The molecule has 1 heterocycles. The lowest BCUT2D eigenvalue weighted by Gasteiger charge is -2.13. The Morgan fingerprint density at radius 1 is 1.12 bits per heavy atom. The molecule has 0 aliphatic carbocycles. The third-order valence-electron chi connectivity index (χ3n) is 4.12. The molecule has 0 saturated heterocycles. The van der Waals surface area contributed by atoms with E-state index in [1.807, 2.05) is 39.0 Å². The van der Waals surface area contributed by atoms with Crippen LogP contribution < -0.4 is 4.74 Å². The average Bonchev–Trinajstić information content (AvgIpc) is 3.08. The molecule has 0 radical (unpaired) electrons. The number of tetrazole rings is 1. The molecule has 0 N–H and O–H groups in total. The quantitative estimate of drug-likeness (QED) is 0.489. The van der Waals surface area contributed by atoms with Crippen molar-refractivity contribution in [2.75, 3.05) is 7.11 Å². The molecule has 3 rings (SSSR count). The predicted octanol–water partition coefficient (Wildman–Crippen LogP) is 3.65. The number of ketones is 1. The van der Waals surface area contributed by atoms with Gasteiger partial charge in [-0.05, 0) is 66.6 Å². The van der Waals surface area contributed by atoms with Gasteiger partial charge in [0.25, 0.3) is 0 Å². The SMILES string of the molecule is COc1ccc(C(=O)C(C)Sc2nnnn2-c2c(C)cccc2C)cc1. The molecule has 1 aromatic heterocycles. The van der Waals surface area contributed by atoms with Gasteiger partial charge < -0.3 is 4.74 Å². The highest BCUT2D eigenvalue weighted by Gasteiger charge is 2.21. The van der Waals surface area contributed by atoms with Crippen LogP contribution in [0, 0.1) is 13.8 Å². The van der Waals surface area contributed by atoms with Crippen LogP contribution in [-0.4, -0.2) is 38.4 Å². The van der Waals surface area contributed by atoms with E-state index in [2.05, 4.69) is 15.5 Å². The van der Waals surface area contributed by atoms with Crippen molar-refractivity contribution in [3.05, 3.63) is 59.2 Å². The van der Waals surface area contributed by atoms with Gasteiger partial charge in [0, 0.05) is 5.56 Å². The van der Waals surface area contributed by atoms with E-state index in [-0.39, 0.29) is 11.0 Å². The number of methoxy groups -OCH3 is 1. The molecule has 134 valence electrons. The zero-order valence-electron chi connectivity index (χ0n) is 15.1. The number of carbonyl (C=O) groups is 1. The lowest BCUT2D eigenvalue weighted by Crippen LogP contribution is -2.15. The van der Waals surface area contributed by atoms with Crippen molar-refractivity contribution in [1.29, 1.82) is 0 Å². The van der Waals surface area contributed by atoms with Crippen molar-refractivity contribution in [2.24, 2.45) is 0 Å². The first-order valence-corrected chi connectivity index (χ1v) is 9.09. The Labute approximate surface area is 156 Å². The van der Waals surface area contributed by atoms with Crippen molar-refractivity contribution >= 4 is 17.5 Å². The lowest BCUT2D eigenvalue weighted by molar-refractivity contribution is 0.0994. The monoisotopic (exact) mass is 368 g/mol. The number of rotatable bonds is 6. The van der Waals surface area contributed by atoms with Crippen LogP contribution in [0.4, 0.5) is 0 Å². The zero-order valence-corrected chi connectivity index (χ0v) is 15.9. The van der Waals surface area contributed by atoms with Crippen molar-refractivity contribution in [2.45, 2.75) is 31.2 Å². The summed E-state index contributed by atoms with van der Waals surface area (Å²) < 4.78 is 6.84. The molecule has 0 saturated carbocycles. The topological polar surface area (TPSA) is 69.9 Å². The smallest absolute Gasteiger partial charge is 0.214 e. The number of benzene rings is 2. The summed E-state index contributed by atoms with van der Waals surface area (Å²) in [7, 11) is 1.60. The van der Waals surface area contributed by atoms with Gasteiger partial charge in [-0.2, -0.15) is 4.68 Å². The number of aromatic nitrogens is 4. The number of para-hydroxylation sites is 1. The maximum Gasteiger partial charge on any atom is 0.214 e. The number of carbonyl (C=O) groups excluding carboxylic acids is 1. The highest BCUT2D eigenvalue weighted by atomic mass is 32.2. The van der Waals surface area contributed by atoms with E-state index in [1.54, 1.807) is 36.1 Å². The number of hydrogen-bond acceptors (Lipinski definition) is 6. The van der Waals surface area contributed by atoms with Gasteiger partial charge in [0.15, 0.2) is 5.78 Å². The third-order valence-corrected chi connectivity index (χ3v) is 5.15. The molecule has 1 atom stereocenters. The first-order valence-electron chi connectivity index (χ1n) is 8.21. The predicted molar refractivity (Wildman–Crippen MR) is 101 cm³/mol. The first kappa shape index (κ1) is 18.1. The maximum atomic E-state index is 12.7. The normalized spacial score (nSPS) is 12.0. The van der Waals surface area contributed by atoms with E-state index in [9.17, 15) is 4.79 Å². The van der Waals surface area contributed by atoms with Crippen LogP contribution in [0.3, 0.4) is 0 Å². The van der Waals surface area contributed by atoms with Crippen LogP contribution in [-0.2, 0) is 0 Å². The summed E-state index contributed by atoms with van der Waals surface area (Å²) in [5.74, 6) is 0.745. The van der Waals surface area contributed by atoms with Crippen molar-refractivity contribution in [3.63, 3.8) is 0 Å². The fraction of sp³-hybridized carbons (Fsp3) is 0.263. The number of hydrogen-bond donors (Lipinski definition) is 0. The molecule has 0 spiro atoms. The van der Waals surface area contributed by atoms with Crippen LogP contribution in [0.5, 0.6) is 5.75 Å². The molecule has 1 unspecified atom stereocenters. The van der Waals surface area contributed by atoms with Gasteiger partial charge in [0.2, 0.25) is 5.16 Å². The largest absolute Gasteiger partial charge is 0.497 e. The van der Waals surface area contributed by atoms with Crippen molar-refractivity contribution in [1.82, 2.24) is 20.2 Å². The number of Topliss-reactive ketones (excluding diaryl/α,β-unsaturated/α-hetero) is 1. The van der Waals surface area contributed by atoms with Crippen molar-refractivity contribution in [3.8, 4) is 11.4 Å². The number of aryl methyl sites for hydroxylation is 2. The van der Waals surface area contributed by atoms with Crippen LogP contribution in [0.15, 0.2) is 47.6 Å². The number of thioether (sulfide) groups is 1. The zero-order chi connectivity index (χ0) is 18.7. The Bertz CT molecular complexity index is 901. The van der Waals surface area contributed by atoms with Crippen molar-refractivity contribution < 1.29 is 9.53 Å². The second-order valence-corrected chi connectivity index (χ2v) is 7.27.